The Kier molecular flexibility index (Phi) is 4.42. The van der Waals surface area contributed by atoms with E-state index in [-0.39, 0.29) is 29.7 Å². The Morgan fingerprint density at radius 1 is 1.17 bits per heavy atom. The summed E-state index contributed by atoms with van der Waals surface area (Å²) in [5, 5.41) is 12.5. The summed E-state index contributed by atoms with van der Waals surface area (Å²) in [6, 6.07) is 8.14. The summed E-state index contributed by atoms with van der Waals surface area (Å²) in [6.07, 6.45) is 3.84. The highest BCUT2D eigenvalue weighted by molar-refractivity contribution is 5.86. The van der Waals surface area contributed by atoms with E-state index in [1.807, 2.05) is 19.1 Å². The van der Waals surface area contributed by atoms with E-state index in [1.165, 1.54) is 5.56 Å². The first kappa shape index (κ1) is 16.0. The summed E-state index contributed by atoms with van der Waals surface area (Å²) < 4.78 is 0. The lowest BCUT2D eigenvalue weighted by Gasteiger charge is -2.28. The van der Waals surface area contributed by atoms with Gasteiger partial charge < -0.3 is 10.4 Å². The average Bonchev–Trinajstić information content (AvgIpc) is 3.15. The first-order chi connectivity index (χ1) is 11.0. The maximum Gasteiger partial charge on any atom is 0.307 e. The lowest BCUT2D eigenvalue weighted by molar-refractivity contribution is -0.149. The fourth-order valence-electron chi connectivity index (χ4n) is 4.46. The number of aliphatic carboxylic acids is 1. The van der Waals surface area contributed by atoms with Crippen LogP contribution >= 0.6 is 0 Å². The smallest absolute Gasteiger partial charge is 0.307 e. The average molecular weight is 315 g/mol. The minimum absolute atomic E-state index is 0.0864. The second-order valence-corrected chi connectivity index (χ2v) is 7.05. The molecule has 2 fully saturated rings. The number of hydrogen-bond donors (Lipinski definition) is 2. The van der Waals surface area contributed by atoms with Gasteiger partial charge in [-0.3, -0.25) is 9.59 Å². The van der Waals surface area contributed by atoms with Gasteiger partial charge in [-0.15, -0.1) is 0 Å². The predicted molar refractivity (Wildman–Crippen MR) is 87.8 cm³/mol. The number of benzene rings is 1. The Labute approximate surface area is 137 Å². The molecule has 0 heterocycles. The number of carbonyl (C=O) groups excluding carboxylic acids is 1. The highest BCUT2D eigenvalue weighted by atomic mass is 16.4. The molecule has 5 atom stereocenters. The quantitative estimate of drug-likeness (QED) is 0.877. The van der Waals surface area contributed by atoms with Gasteiger partial charge in [-0.05, 0) is 55.6 Å². The number of fused-ring (bicyclic) bond motifs is 2. The third-order valence-corrected chi connectivity index (χ3v) is 5.75. The normalized spacial score (nSPS) is 30.2. The highest BCUT2D eigenvalue weighted by Crippen LogP contribution is 2.52. The van der Waals surface area contributed by atoms with Gasteiger partial charge in [-0.1, -0.05) is 31.2 Å². The molecule has 2 aliphatic rings. The van der Waals surface area contributed by atoms with Crippen LogP contribution in [0.3, 0.4) is 0 Å². The zero-order valence-electron chi connectivity index (χ0n) is 13.8. The second-order valence-electron chi connectivity index (χ2n) is 7.05. The van der Waals surface area contributed by atoms with E-state index in [4.69, 9.17) is 0 Å². The van der Waals surface area contributed by atoms with Gasteiger partial charge in [-0.2, -0.15) is 0 Å². The van der Waals surface area contributed by atoms with E-state index >= 15 is 0 Å². The molecule has 4 heteroatoms. The molecule has 3 rings (SSSR count). The van der Waals surface area contributed by atoms with Crippen LogP contribution in [0.4, 0.5) is 0 Å². The first-order valence-electron chi connectivity index (χ1n) is 8.63. The number of rotatable bonds is 5. The molecule has 0 saturated heterocycles. The van der Waals surface area contributed by atoms with Crippen LogP contribution in [0.25, 0.3) is 0 Å². The highest BCUT2D eigenvalue weighted by Gasteiger charge is 2.54. The summed E-state index contributed by atoms with van der Waals surface area (Å²) in [7, 11) is 0. The van der Waals surface area contributed by atoms with Crippen LogP contribution in [0, 0.1) is 23.7 Å². The number of carbonyl (C=O) groups is 2. The maximum atomic E-state index is 12.7. The molecule has 1 aromatic carbocycles. The van der Waals surface area contributed by atoms with Crippen molar-refractivity contribution in [3.05, 3.63) is 35.4 Å². The number of amides is 1. The Morgan fingerprint density at radius 2 is 1.78 bits per heavy atom. The molecule has 124 valence electrons. The van der Waals surface area contributed by atoms with Crippen molar-refractivity contribution < 1.29 is 14.7 Å². The van der Waals surface area contributed by atoms with Crippen molar-refractivity contribution in [3.63, 3.8) is 0 Å². The third kappa shape index (κ3) is 2.99. The predicted octanol–water partition coefficient (Wildman–Crippen LogP) is 3.17. The standard InChI is InChI=1S/C19H25NO3/c1-3-12-4-6-13(7-5-12)11(2)20-18(21)16-14-8-9-15(10-14)17(16)19(22)23/h4-7,11,14-17H,3,8-10H2,1-2H3,(H,20,21)(H,22,23)/t11-,14-,15+,16-,17+/m1/s1. The fraction of sp³-hybridized carbons (Fsp3) is 0.579. The summed E-state index contributed by atoms with van der Waals surface area (Å²) >= 11 is 0. The van der Waals surface area contributed by atoms with Gasteiger partial charge in [-0.25, -0.2) is 0 Å². The van der Waals surface area contributed by atoms with Crippen molar-refractivity contribution in [2.45, 2.75) is 45.6 Å². The van der Waals surface area contributed by atoms with E-state index < -0.39 is 11.9 Å². The van der Waals surface area contributed by atoms with E-state index in [2.05, 4.69) is 24.4 Å². The van der Waals surface area contributed by atoms with Crippen LogP contribution in [-0.4, -0.2) is 17.0 Å². The topological polar surface area (TPSA) is 66.4 Å². The van der Waals surface area contributed by atoms with Gasteiger partial charge >= 0.3 is 5.97 Å². The molecule has 2 N–H and O–H groups in total. The fourth-order valence-corrected chi connectivity index (χ4v) is 4.46. The van der Waals surface area contributed by atoms with Crippen molar-refractivity contribution in [1.82, 2.24) is 5.32 Å². The van der Waals surface area contributed by atoms with Crippen LogP contribution < -0.4 is 5.32 Å². The van der Waals surface area contributed by atoms with Crippen molar-refractivity contribution in [1.29, 1.82) is 0 Å². The van der Waals surface area contributed by atoms with Crippen LogP contribution in [0.2, 0.25) is 0 Å². The van der Waals surface area contributed by atoms with E-state index in [0.29, 0.717) is 0 Å². The largest absolute Gasteiger partial charge is 0.481 e. The molecule has 0 aromatic heterocycles. The summed E-state index contributed by atoms with van der Waals surface area (Å²) in [6.45, 7) is 4.07. The zero-order chi connectivity index (χ0) is 16.6. The first-order valence-corrected chi connectivity index (χ1v) is 8.63. The number of carboxylic acids is 1. The Bertz CT molecular complexity index is 595. The van der Waals surface area contributed by atoms with Gasteiger partial charge in [0.05, 0.1) is 17.9 Å². The minimum atomic E-state index is -0.808. The SMILES string of the molecule is CCc1ccc([C@@H](C)NC(=O)[C@@H]2[C@@H]3CC[C@@H](C3)[C@@H]2C(=O)O)cc1. The minimum Gasteiger partial charge on any atom is -0.481 e. The van der Waals surface area contributed by atoms with Gasteiger partial charge in [0.2, 0.25) is 5.91 Å². The molecule has 1 aromatic rings. The molecule has 0 spiro atoms. The molecule has 23 heavy (non-hydrogen) atoms. The molecule has 4 nitrogen and oxygen atoms in total. The van der Waals surface area contributed by atoms with Crippen LogP contribution in [-0.2, 0) is 16.0 Å². The van der Waals surface area contributed by atoms with Crippen LogP contribution in [0.5, 0.6) is 0 Å². The van der Waals surface area contributed by atoms with E-state index in [0.717, 1.165) is 31.2 Å². The van der Waals surface area contributed by atoms with E-state index in [1.54, 1.807) is 0 Å². The molecular formula is C19H25NO3. The van der Waals surface area contributed by atoms with Crippen molar-refractivity contribution in [2.24, 2.45) is 23.7 Å². The number of aryl methyl sites for hydroxylation is 1. The van der Waals surface area contributed by atoms with E-state index in [9.17, 15) is 14.7 Å². The van der Waals surface area contributed by atoms with Crippen LogP contribution in [0.1, 0.15) is 50.3 Å². The Balaban J connectivity index is 1.69. The second kappa shape index (κ2) is 6.34. The van der Waals surface area contributed by atoms with Gasteiger partial charge in [0, 0.05) is 0 Å². The molecule has 0 radical (unpaired) electrons. The molecular weight excluding hydrogens is 290 g/mol. The van der Waals surface area contributed by atoms with Crippen molar-refractivity contribution in [2.75, 3.05) is 0 Å². The number of carboxylic acid groups (broad SMARTS) is 1. The molecule has 2 saturated carbocycles. The monoisotopic (exact) mass is 315 g/mol. The maximum absolute atomic E-state index is 12.7. The summed E-state index contributed by atoms with van der Waals surface area (Å²) in [5.41, 5.74) is 2.33. The van der Waals surface area contributed by atoms with Gasteiger partial charge in [0.15, 0.2) is 0 Å². The Morgan fingerprint density at radius 3 is 2.35 bits per heavy atom. The molecule has 0 aliphatic heterocycles. The molecule has 2 bridgehead atoms. The number of nitrogens with one attached hydrogen (secondary N) is 1. The summed E-state index contributed by atoms with van der Waals surface area (Å²) in [5.74, 6) is -1.32. The lowest BCUT2D eigenvalue weighted by atomic mass is 9.78. The van der Waals surface area contributed by atoms with Crippen molar-refractivity contribution in [3.8, 4) is 0 Å². The Hall–Kier alpha value is -1.84. The molecule has 0 unspecified atom stereocenters. The lowest BCUT2D eigenvalue weighted by Crippen LogP contribution is -2.42. The molecule has 2 aliphatic carbocycles. The molecule has 1 amide bonds. The van der Waals surface area contributed by atoms with Crippen LogP contribution in [0.15, 0.2) is 24.3 Å². The zero-order valence-corrected chi connectivity index (χ0v) is 13.8. The van der Waals surface area contributed by atoms with Gasteiger partial charge in [0.25, 0.3) is 0 Å². The van der Waals surface area contributed by atoms with Crippen molar-refractivity contribution >= 4 is 11.9 Å². The third-order valence-electron chi connectivity index (χ3n) is 5.75. The summed E-state index contributed by atoms with van der Waals surface area (Å²) in [4.78, 5) is 24.2. The van der Waals surface area contributed by atoms with Gasteiger partial charge in [0.1, 0.15) is 0 Å². The number of hydrogen-bond acceptors (Lipinski definition) is 2.